The second-order valence-corrected chi connectivity index (χ2v) is 7.65. The minimum Gasteiger partial charge on any atom is -0.744 e. The van der Waals surface area contributed by atoms with Crippen molar-refractivity contribution in [3.8, 4) is 0 Å². The summed E-state index contributed by atoms with van der Waals surface area (Å²) in [6.07, 6.45) is 0. The number of carbonyl (C=O) groups is 2. The summed E-state index contributed by atoms with van der Waals surface area (Å²) >= 11 is 0. The summed E-state index contributed by atoms with van der Waals surface area (Å²) < 4.78 is 67.6. The smallest absolute Gasteiger partial charge is 0.744 e. The molecule has 0 saturated heterocycles. The van der Waals surface area contributed by atoms with Crippen molar-refractivity contribution in [2.24, 2.45) is 0 Å². The van der Waals surface area contributed by atoms with Crippen LogP contribution in [0.1, 0.15) is 31.8 Å². The molecule has 0 bridgehead atoms. The quantitative estimate of drug-likeness (QED) is 0.280. The predicted molar refractivity (Wildman–Crippen MR) is 75.7 cm³/mol. The summed E-state index contributed by atoms with van der Waals surface area (Å²) in [7, 11) is -10.7. The molecule has 0 heterocycles. The van der Waals surface area contributed by atoms with Gasteiger partial charge in [0.25, 0.3) is 0 Å². The molecular formula is C14H6K2O8S2. The normalized spacial score (nSPS) is 13.2. The first kappa shape index (κ1) is 24.9. The Balaban J connectivity index is 0.00000169. The van der Waals surface area contributed by atoms with E-state index in [1.807, 2.05) is 0 Å². The Morgan fingerprint density at radius 3 is 1.19 bits per heavy atom. The molecule has 124 valence electrons. The van der Waals surface area contributed by atoms with Gasteiger partial charge >= 0.3 is 103 Å². The molecular weight excluding hydrogens is 438 g/mol. The van der Waals surface area contributed by atoms with Gasteiger partial charge in [0, 0.05) is 22.3 Å². The van der Waals surface area contributed by atoms with E-state index in [4.69, 9.17) is 0 Å². The molecule has 26 heavy (non-hydrogen) atoms. The van der Waals surface area contributed by atoms with Gasteiger partial charge in [0.2, 0.25) is 0 Å². The molecule has 0 N–H and O–H groups in total. The summed E-state index contributed by atoms with van der Waals surface area (Å²) in [5.74, 6) is -1.50. The van der Waals surface area contributed by atoms with Crippen molar-refractivity contribution >= 4 is 31.8 Å². The van der Waals surface area contributed by atoms with E-state index < -0.39 is 52.7 Å². The standard InChI is InChI=1S/C14H8O8S2.2K/c15-13-7-3-1-2-4-8(7)14(16)10-6-12(24(20,21)22)11(5-9(10)13)23(17,18)19;;/h1-6H,(H,17,18,19)(H,20,21,22);;/q;2*+1/p-2. The Morgan fingerprint density at radius 1 is 0.615 bits per heavy atom. The molecule has 0 radical (unpaired) electrons. The first-order valence-electron chi connectivity index (χ1n) is 6.30. The predicted octanol–water partition coefficient (Wildman–Crippen LogP) is -5.72. The summed E-state index contributed by atoms with van der Waals surface area (Å²) in [6, 6.07) is 6.58. The van der Waals surface area contributed by atoms with E-state index in [-0.39, 0.29) is 114 Å². The molecule has 3 rings (SSSR count). The third kappa shape index (κ3) is 4.54. The van der Waals surface area contributed by atoms with Crippen molar-refractivity contribution in [3.05, 3.63) is 58.7 Å². The van der Waals surface area contributed by atoms with Crippen molar-refractivity contribution in [1.82, 2.24) is 0 Å². The van der Waals surface area contributed by atoms with E-state index in [2.05, 4.69) is 0 Å². The van der Waals surface area contributed by atoms with E-state index >= 15 is 0 Å². The minimum atomic E-state index is -5.36. The van der Waals surface area contributed by atoms with Gasteiger partial charge in [0.05, 0.1) is 9.79 Å². The van der Waals surface area contributed by atoms with Crippen LogP contribution < -0.4 is 103 Å². The molecule has 2 aromatic carbocycles. The third-order valence-electron chi connectivity index (χ3n) is 3.53. The van der Waals surface area contributed by atoms with Crippen molar-refractivity contribution < 1.29 is 138 Å². The average Bonchev–Trinajstić information content (AvgIpc) is 2.49. The van der Waals surface area contributed by atoms with Gasteiger partial charge in [0.1, 0.15) is 20.2 Å². The van der Waals surface area contributed by atoms with Crippen molar-refractivity contribution in [2.45, 2.75) is 9.79 Å². The number of hydrogen-bond donors (Lipinski definition) is 0. The number of benzene rings is 2. The summed E-state index contributed by atoms with van der Waals surface area (Å²) in [5.41, 5.74) is -0.912. The Labute approximate surface area is 234 Å². The summed E-state index contributed by atoms with van der Waals surface area (Å²) in [4.78, 5) is 22.1. The third-order valence-corrected chi connectivity index (χ3v) is 5.41. The zero-order chi connectivity index (χ0) is 17.9. The SMILES string of the molecule is O=C1c2ccccc2C(=O)c2cc(S(=O)(=O)[O-])c(S(=O)(=O)[O-])cc21.[K+].[K+]. The number of ketones is 2. The van der Waals surface area contributed by atoms with Gasteiger partial charge in [-0.05, 0) is 12.1 Å². The van der Waals surface area contributed by atoms with Crippen LogP contribution in [0, 0.1) is 0 Å². The van der Waals surface area contributed by atoms with Crippen molar-refractivity contribution in [3.63, 3.8) is 0 Å². The van der Waals surface area contributed by atoms with Crippen LogP contribution in [0.5, 0.6) is 0 Å². The summed E-state index contributed by atoms with van der Waals surface area (Å²) in [6.45, 7) is 0. The van der Waals surface area contributed by atoms with Gasteiger partial charge < -0.3 is 9.11 Å². The zero-order valence-electron chi connectivity index (χ0n) is 13.5. The topological polar surface area (TPSA) is 149 Å². The number of rotatable bonds is 2. The van der Waals surface area contributed by atoms with Crippen LogP contribution in [0.4, 0.5) is 0 Å². The average molecular weight is 445 g/mol. The zero-order valence-corrected chi connectivity index (χ0v) is 21.4. The van der Waals surface area contributed by atoms with E-state index in [0.29, 0.717) is 12.1 Å². The van der Waals surface area contributed by atoms with Gasteiger partial charge in [-0.25, -0.2) is 16.8 Å². The first-order chi connectivity index (χ1) is 11.0. The van der Waals surface area contributed by atoms with E-state index in [9.17, 15) is 35.5 Å². The molecule has 0 saturated carbocycles. The molecule has 8 nitrogen and oxygen atoms in total. The van der Waals surface area contributed by atoms with Crippen LogP contribution in [0.25, 0.3) is 0 Å². The maximum absolute atomic E-state index is 12.4. The van der Waals surface area contributed by atoms with Crippen LogP contribution in [0.2, 0.25) is 0 Å². The minimum absolute atomic E-state index is 0. The van der Waals surface area contributed by atoms with Crippen molar-refractivity contribution in [2.75, 3.05) is 0 Å². The monoisotopic (exact) mass is 444 g/mol. The molecule has 0 spiro atoms. The fourth-order valence-corrected chi connectivity index (χ4v) is 4.24. The van der Waals surface area contributed by atoms with Crippen LogP contribution >= 0.6 is 0 Å². The van der Waals surface area contributed by atoms with Gasteiger partial charge in [-0.3, -0.25) is 9.59 Å². The molecule has 0 amide bonds. The molecule has 0 unspecified atom stereocenters. The summed E-state index contributed by atoms with van der Waals surface area (Å²) in [5, 5.41) is 0. The molecule has 1 aliphatic carbocycles. The molecule has 0 aromatic heterocycles. The second kappa shape index (κ2) is 8.71. The van der Waals surface area contributed by atoms with Gasteiger partial charge in [-0.1, -0.05) is 24.3 Å². The fourth-order valence-electron chi connectivity index (χ4n) is 2.50. The van der Waals surface area contributed by atoms with Crippen molar-refractivity contribution in [1.29, 1.82) is 0 Å². The molecule has 2 aromatic rings. The molecule has 0 fully saturated rings. The molecule has 0 aliphatic heterocycles. The Kier molecular flexibility index (Phi) is 8.34. The maximum atomic E-state index is 12.4. The Morgan fingerprint density at radius 2 is 0.923 bits per heavy atom. The fraction of sp³-hybridized carbons (Fsp3) is 0. The maximum Gasteiger partial charge on any atom is 1.00 e. The van der Waals surface area contributed by atoms with Gasteiger partial charge in [0.15, 0.2) is 11.6 Å². The van der Waals surface area contributed by atoms with E-state index in [1.54, 1.807) is 0 Å². The van der Waals surface area contributed by atoms with Gasteiger partial charge in [-0.2, -0.15) is 0 Å². The number of fused-ring (bicyclic) bond motifs is 2. The number of carbonyl (C=O) groups excluding carboxylic acids is 2. The van der Waals surface area contributed by atoms with E-state index in [0.717, 1.165) is 0 Å². The van der Waals surface area contributed by atoms with Crippen LogP contribution in [0.15, 0.2) is 46.2 Å². The molecule has 1 aliphatic rings. The van der Waals surface area contributed by atoms with Crippen LogP contribution in [-0.4, -0.2) is 37.5 Å². The van der Waals surface area contributed by atoms with Crippen LogP contribution in [-0.2, 0) is 20.2 Å². The van der Waals surface area contributed by atoms with Gasteiger partial charge in [-0.15, -0.1) is 0 Å². The largest absolute Gasteiger partial charge is 1.00 e. The molecule has 12 heteroatoms. The Hall–Kier alpha value is 0.873. The first-order valence-corrected chi connectivity index (χ1v) is 9.12. The van der Waals surface area contributed by atoms with E-state index in [1.165, 1.54) is 24.3 Å². The number of hydrogen-bond acceptors (Lipinski definition) is 8. The second-order valence-electron chi connectivity index (χ2n) is 4.96. The Bertz CT molecular complexity index is 1050. The van der Waals surface area contributed by atoms with Crippen LogP contribution in [0.3, 0.4) is 0 Å². The molecule has 0 atom stereocenters.